The summed E-state index contributed by atoms with van der Waals surface area (Å²) in [6, 6.07) is 11.0. The van der Waals surface area contributed by atoms with Gasteiger partial charge in [-0.2, -0.15) is 0 Å². The van der Waals surface area contributed by atoms with Gasteiger partial charge in [-0.1, -0.05) is 12.1 Å². The summed E-state index contributed by atoms with van der Waals surface area (Å²) in [6.07, 6.45) is 1.61. The number of phenols is 1. The molecule has 1 amide bonds. The van der Waals surface area contributed by atoms with Gasteiger partial charge in [0.1, 0.15) is 5.75 Å². The van der Waals surface area contributed by atoms with Crippen molar-refractivity contribution < 1.29 is 19.0 Å². The summed E-state index contributed by atoms with van der Waals surface area (Å²) in [5.41, 5.74) is 2.93. The Hall–Kier alpha value is -3.35. The molecule has 0 spiro atoms. The number of aromatic nitrogens is 2. The number of amides is 1. The summed E-state index contributed by atoms with van der Waals surface area (Å²) in [5, 5.41) is 9.82. The second kappa shape index (κ2) is 6.75. The van der Waals surface area contributed by atoms with E-state index in [0.717, 1.165) is 17.0 Å². The van der Waals surface area contributed by atoms with Crippen molar-refractivity contribution in [2.75, 3.05) is 13.7 Å². The fourth-order valence-corrected chi connectivity index (χ4v) is 3.46. The predicted octanol–water partition coefficient (Wildman–Crippen LogP) is 3.05. The third kappa shape index (κ3) is 3.12. The number of methoxy groups -OCH3 is 1. The third-order valence-electron chi connectivity index (χ3n) is 4.79. The van der Waals surface area contributed by atoms with Crippen LogP contribution in [0.15, 0.2) is 48.8 Å². The number of nitrogens with one attached hydrogen (secondary N) is 1. The van der Waals surface area contributed by atoms with Crippen LogP contribution >= 0.6 is 0 Å². The van der Waals surface area contributed by atoms with Crippen LogP contribution in [-0.4, -0.2) is 39.5 Å². The zero-order valence-corrected chi connectivity index (χ0v) is 14.6. The molecule has 1 atom stereocenters. The quantitative estimate of drug-likeness (QED) is 0.746. The number of carbonyl (C=O) groups excluding carboxylic acids is 1. The Balaban J connectivity index is 1.68. The second-order valence-corrected chi connectivity index (χ2v) is 6.45. The van der Waals surface area contributed by atoms with Crippen molar-refractivity contribution in [3.05, 3.63) is 77.1 Å². The van der Waals surface area contributed by atoms with Gasteiger partial charge in [0.25, 0.3) is 5.91 Å². The fraction of sp³-hybridized carbons (Fsp3) is 0.200. The highest BCUT2D eigenvalue weighted by molar-refractivity contribution is 5.94. The van der Waals surface area contributed by atoms with E-state index in [4.69, 9.17) is 4.74 Å². The molecule has 0 radical (unpaired) electrons. The first-order chi connectivity index (χ1) is 13.1. The van der Waals surface area contributed by atoms with Gasteiger partial charge in [0.15, 0.2) is 11.6 Å². The SMILES string of the molecule is COc1cc(C(=O)N2Cc3[nH]cnc3C(c3cccc(O)c3)C2)ccc1F. The Morgan fingerprint density at radius 1 is 1.33 bits per heavy atom. The number of aromatic amines is 1. The molecular formula is C20H18FN3O3. The molecule has 1 aliphatic rings. The van der Waals surface area contributed by atoms with Crippen LogP contribution in [0.5, 0.6) is 11.5 Å². The molecule has 4 rings (SSSR count). The summed E-state index contributed by atoms with van der Waals surface area (Å²) in [6.45, 7) is 0.781. The number of aromatic hydroxyl groups is 1. The lowest BCUT2D eigenvalue weighted by Gasteiger charge is -2.32. The zero-order valence-electron chi connectivity index (χ0n) is 14.6. The van der Waals surface area contributed by atoms with E-state index in [0.29, 0.717) is 18.7 Å². The molecule has 0 saturated heterocycles. The van der Waals surface area contributed by atoms with Crippen molar-refractivity contribution in [1.29, 1.82) is 0 Å². The number of hydrogen-bond donors (Lipinski definition) is 2. The molecule has 2 aromatic carbocycles. The average Bonchev–Trinajstić information content (AvgIpc) is 3.15. The second-order valence-electron chi connectivity index (χ2n) is 6.45. The molecule has 0 aliphatic carbocycles. The lowest BCUT2D eigenvalue weighted by molar-refractivity contribution is 0.0721. The number of fused-ring (bicyclic) bond motifs is 1. The molecule has 138 valence electrons. The minimum atomic E-state index is -0.513. The molecule has 3 aromatic rings. The minimum absolute atomic E-state index is 0.0321. The summed E-state index contributed by atoms with van der Waals surface area (Å²) < 4.78 is 18.6. The Bertz CT molecular complexity index is 1000. The Labute approximate surface area is 155 Å². The van der Waals surface area contributed by atoms with Gasteiger partial charge in [0.2, 0.25) is 0 Å². The number of hydrogen-bond acceptors (Lipinski definition) is 4. The van der Waals surface area contributed by atoms with Crippen molar-refractivity contribution in [2.24, 2.45) is 0 Å². The molecule has 2 heterocycles. The summed E-state index contributed by atoms with van der Waals surface area (Å²) in [7, 11) is 1.36. The van der Waals surface area contributed by atoms with Crippen molar-refractivity contribution in [3.8, 4) is 11.5 Å². The molecule has 0 saturated carbocycles. The smallest absolute Gasteiger partial charge is 0.254 e. The number of halogens is 1. The molecule has 1 aliphatic heterocycles. The molecular weight excluding hydrogens is 349 g/mol. The van der Waals surface area contributed by atoms with Gasteiger partial charge >= 0.3 is 0 Å². The van der Waals surface area contributed by atoms with Crippen molar-refractivity contribution in [1.82, 2.24) is 14.9 Å². The fourth-order valence-electron chi connectivity index (χ4n) is 3.46. The molecule has 2 N–H and O–H groups in total. The number of nitrogens with zero attached hydrogens (tertiary/aromatic N) is 2. The van der Waals surface area contributed by atoms with Crippen LogP contribution in [0, 0.1) is 5.82 Å². The molecule has 7 heteroatoms. The van der Waals surface area contributed by atoms with Crippen LogP contribution in [0.1, 0.15) is 33.2 Å². The van der Waals surface area contributed by atoms with E-state index in [9.17, 15) is 14.3 Å². The largest absolute Gasteiger partial charge is 0.508 e. The Kier molecular flexibility index (Phi) is 4.27. The van der Waals surface area contributed by atoms with E-state index in [1.807, 2.05) is 6.07 Å². The summed E-state index contributed by atoms with van der Waals surface area (Å²) >= 11 is 0. The number of benzene rings is 2. The normalized spacial score (nSPS) is 16.1. The zero-order chi connectivity index (χ0) is 19.0. The Morgan fingerprint density at radius 3 is 2.96 bits per heavy atom. The van der Waals surface area contributed by atoms with E-state index in [1.165, 1.54) is 25.3 Å². The average molecular weight is 367 g/mol. The predicted molar refractivity (Wildman–Crippen MR) is 96.2 cm³/mol. The monoisotopic (exact) mass is 367 g/mol. The first-order valence-corrected chi connectivity index (χ1v) is 8.50. The Morgan fingerprint density at radius 2 is 2.19 bits per heavy atom. The van der Waals surface area contributed by atoms with Crippen LogP contribution in [-0.2, 0) is 6.54 Å². The molecule has 6 nitrogen and oxygen atoms in total. The van der Waals surface area contributed by atoms with Crippen LogP contribution < -0.4 is 4.74 Å². The van der Waals surface area contributed by atoms with E-state index >= 15 is 0 Å². The number of H-pyrrole nitrogens is 1. The van der Waals surface area contributed by atoms with Gasteiger partial charge < -0.3 is 19.7 Å². The maximum absolute atomic E-state index is 13.7. The highest BCUT2D eigenvalue weighted by atomic mass is 19.1. The minimum Gasteiger partial charge on any atom is -0.508 e. The van der Waals surface area contributed by atoms with Gasteiger partial charge in [-0.15, -0.1) is 0 Å². The van der Waals surface area contributed by atoms with Crippen molar-refractivity contribution in [2.45, 2.75) is 12.5 Å². The topological polar surface area (TPSA) is 78.5 Å². The van der Waals surface area contributed by atoms with Gasteiger partial charge in [-0.25, -0.2) is 9.37 Å². The van der Waals surface area contributed by atoms with Gasteiger partial charge in [0.05, 0.1) is 31.4 Å². The van der Waals surface area contributed by atoms with E-state index < -0.39 is 5.82 Å². The van der Waals surface area contributed by atoms with Crippen molar-refractivity contribution >= 4 is 5.91 Å². The van der Waals surface area contributed by atoms with Gasteiger partial charge in [-0.05, 0) is 35.9 Å². The highest BCUT2D eigenvalue weighted by Gasteiger charge is 2.32. The maximum Gasteiger partial charge on any atom is 0.254 e. The maximum atomic E-state index is 13.7. The first kappa shape index (κ1) is 17.1. The lowest BCUT2D eigenvalue weighted by Crippen LogP contribution is -2.38. The number of carbonyl (C=O) groups is 1. The molecule has 0 bridgehead atoms. The van der Waals surface area contributed by atoms with E-state index in [1.54, 1.807) is 29.4 Å². The number of phenolic OH excluding ortho intramolecular Hbond substituents is 1. The molecule has 1 unspecified atom stereocenters. The standard InChI is InChI=1S/C20H18FN3O3/c1-27-18-8-13(5-6-16(18)21)20(26)24-9-15(12-3-2-4-14(25)7-12)19-17(10-24)22-11-23-19/h2-8,11,15,25H,9-10H2,1H3,(H,22,23). The molecule has 0 fully saturated rings. The van der Waals surface area contributed by atoms with Crippen LogP contribution in [0.25, 0.3) is 0 Å². The highest BCUT2D eigenvalue weighted by Crippen LogP contribution is 2.33. The molecule has 27 heavy (non-hydrogen) atoms. The van der Waals surface area contributed by atoms with Crippen LogP contribution in [0.2, 0.25) is 0 Å². The summed E-state index contributed by atoms with van der Waals surface area (Å²) in [5.74, 6) is -0.709. The molecule has 1 aromatic heterocycles. The van der Waals surface area contributed by atoms with Crippen molar-refractivity contribution in [3.63, 3.8) is 0 Å². The number of rotatable bonds is 3. The van der Waals surface area contributed by atoms with Gasteiger partial charge in [0, 0.05) is 18.0 Å². The lowest BCUT2D eigenvalue weighted by atomic mass is 9.90. The number of imidazole rings is 1. The third-order valence-corrected chi connectivity index (χ3v) is 4.79. The van der Waals surface area contributed by atoms with Crippen LogP contribution in [0.3, 0.4) is 0 Å². The summed E-state index contributed by atoms with van der Waals surface area (Å²) in [4.78, 5) is 22.2. The number of ether oxygens (including phenoxy) is 1. The van der Waals surface area contributed by atoms with Crippen LogP contribution in [0.4, 0.5) is 4.39 Å². The first-order valence-electron chi connectivity index (χ1n) is 8.50. The van der Waals surface area contributed by atoms with E-state index in [2.05, 4.69) is 9.97 Å². The van der Waals surface area contributed by atoms with Gasteiger partial charge in [-0.3, -0.25) is 4.79 Å². The van der Waals surface area contributed by atoms with E-state index in [-0.39, 0.29) is 23.3 Å².